The summed E-state index contributed by atoms with van der Waals surface area (Å²) in [5, 5.41) is 0. The average Bonchev–Trinajstić information content (AvgIpc) is 2.24. The topological polar surface area (TPSA) is 42.1 Å². The van der Waals surface area contributed by atoms with Gasteiger partial charge in [-0.1, -0.05) is 0 Å². The molecule has 2 rings (SSSR count). The van der Waals surface area contributed by atoms with Crippen LogP contribution in [0, 0.1) is 0 Å². The number of aromatic nitrogens is 1. The quantitative estimate of drug-likeness (QED) is 0.839. The SMILES string of the molecule is Nc1ccc(CN2CCC(F)(F)CC2)nc1. The standard InChI is InChI=1S/C11H15F2N3/c12-11(13)3-5-16(6-4-11)8-10-2-1-9(14)7-15-10/h1-2,7H,3-6,8,14H2. The van der Waals surface area contributed by atoms with Crippen molar-refractivity contribution in [3.63, 3.8) is 0 Å². The van der Waals surface area contributed by atoms with Crippen LogP contribution in [0.1, 0.15) is 18.5 Å². The van der Waals surface area contributed by atoms with Crippen LogP contribution in [0.25, 0.3) is 0 Å². The number of anilines is 1. The summed E-state index contributed by atoms with van der Waals surface area (Å²) in [4.78, 5) is 6.15. The van der Waals surface area contributed by atoms with E-state index in [0.29, 0.717) is 25.3 Å². The smallest absolute Gasteiger partial charge is 0.250 e. The highest BCUT2D eigenvalue weighted by atomic mass is 19.3. The number of nitrogens with zero attached hydrogens (tertiary/aromatic N) is 2. The monoisotopic (exact) mass is 227 g/mol. The molecule has 5 heteroatoms. The third-order valence-electron chi connectivity index (χ3n) is 2.82. The van der Waals surface area contributed by atoms with Crippen molar-refractivity contribution in [3.8, 4) is 0 Å². The molecule has 0 radical (unpaired) electrons. The Bertz CT molecular complexity index is 341. The Kier molecular flexibility index (Phi) is 3.05. The summed E-state index contributed by atoms with van der Waals surface area (Å²) < 4.78 is 25.8. The first-order chi connectivity index (χ1) is 7.55. The molecular formula is C11H15F2N3. The van der Waals surface area contributed by atoms with Gasteiger partial charge in [-0.25, -0.2) is 8.78 Å². The van der Waals surface area contributed by atoms with Crippen molar-refractivity contribution in [3.05, 3.63) is 24.0 Å². The van der Waals surface area contributed by atoms with Crippen LogP contribution in [0.15, 0.2) is 18.3 Å². The van der Waals surface area contributed by atoms with E-state index < -0.39 is 5.92 Å². The molecule has 1 fully saturated rings. The number of nitrogens with two attached hydrogens (primary N) is 1. The predicted octanol–water partition coefficient (Wildman–Crippen LogP) is 1.89. The fourth-order valence-corrected chi connectivity index (χ4v) is 1.80. The second kappa shape index (κ2) is 4.33. The summed E-state index contributed by atoms with van der Waals surface area (Å²) in [5.74, 6) is -2.48. The Morgan fingerprint density at radius 3 is 2.56 bits per heavy atom. The van der Waals surface area contributed by atoms with Gasteiger partial charge >= 0.3 is 0 Å². The van der Waals surface area contributed by atoms with Crippen molar-refractivity contribution in [2.45, 2.75) is 25.3 Å². The molecule has 0 atom stereocenters. The predicted molar refractivity (Wildman–Crippen MR) is 58.1 cm³/mol. The Morgan fingerprint density at radius 1 is 1.31 bits per heavy atom. The normalized spacial score (nSPS) is 20.9. The zero-order chi connectivity index (χ0) is 11.6. The molecule has 3 nitrogen and oxygen atoms in total. The van der Waals surface area contributed by atoms with Crippen LogP contribution >= 0.6 is 0 Å². The Labute approximate surface area is 93.3 Å². The van der Waals surface area contributed by atoms with E-state index >= 15 is 0 Å². The van der Waals surface area contributed by atoms with E-state index in [2.05, 4.69) is 4.98 Å². The van der Waals surface area contributed by atoms with E-state index in [1.54, 1.807) is 12.3 Å². The molecule has 1 aromatic rings. The minimum absolute atomic E-state index is 0.0536. The zero-order valence-corrected chi connectivity index (χ0v) is 9.00. The number of hydrogen-bond donors (Lipinski definition) is 1. The maximum atomic E-state index is 12.9. The van der Waals surface area contributed by atoms with Gasteiger partial charge in [0.05, 0.1) is 17.6 Å². The largest absolute Gasteiger partial charge is 0.397 e. The van der Waals surface area contributed by atoms with Crippen LogP contribution in [0.4, 0.5) is 14.5 Å². The molecule has 0 aliphatic carbocycles. The van der Waals surface area contributed by atoms with Gasteiger partial charge < -0.3 is 5.73 Å². The lowest BCUT2D eigenvalue weighted by Crippen LogP contribution is -2.38. The van der Waals surface area contributed by atoms with Gasteiger partial charge in [0, 0.05) is 32.5 Å². The van der Waals surface area contributed by atoms with E-state index in [0.717, 1.165) is 5.69 Å². The maximum absolute atomic E-state index is 12.9. The molecule has 0 saturated carbocycles. The van der Waals surface area contributed by atoms with Crippen molar-refractivity contribution in [2.75, 3.05) is 18.8 Å². The Balaban J connectivity index is 1.89. The van der Waals surface area contributed by atoms with Crippen molar-refractivity contribution in [2.24, 2.45) is 0 Å². The van der Waals surface area contributed by atoms with E-state index in [-0.39, 0.29) is 12.8 Å². The summed E-state index contributed by atoms with van der Waals surface area (Å²) in [6, 6.07) is 3.61. The Hall–Kier alpha value is -1.23. The van der Waals surface area contributed by atoms with E-state index in [9.17, 15) is 8.78 Å². The number of hydrogen-bond acceptors (Lipinski definition) is 3. The van der Waals surface area contributed by atoms with E-state index in [1.807, 2.05) is 11.0 Å². The van der Waals surface area contributed by atoms with Crippen LogP contribution < -0.4 is 5.73 Å². The van der Waals surface area contributed by atoms with Gasteiger partial charge in [-0.05, 0) is 12.1 Å². The first-order valence-electron chi connectivity index (χ1n) is 5.36. The number of pyridine rings is 1. The van der Waals surface area contributed by atoms with Gasteiger partial charge in [-0.15, -0.1) is 0 Å². The molecule has 2 N–H and O–H groups in total. The second-order valence-electron chi connectivity index (χ2n) is 4.21. The van der Waals surface area contributed by atoms with Gasteiger partial charge in [0.2, 0.25) is 0 Å². The Morgan fingerprint density at radius 2 is 2.00 bits per heavy atom. The van der Waals surface area contributed by atoms with Crippen LogP contribution in [-0.2, 0) is 6.54 Å². The molecule has 2 heterocycles. The van der Waals surface area contributed by atoms with E-state index in [4.69, 9.17) is 5.73 Å². The highest BCUT2D eigenvalue weighted by Crippen LogP contribution is 2.28. The van der Waals surface area contributed by atoms with Gasteiger partial charge in [0.1, 0.15) is 0 Å². The minimum atomic E-state index is -2.48. The number of piperidine rings is 1. The number of nitrogen functional groups attached to an aromatic ring is 1. The van der Waals surface area contributed by atoms with Crippen LogP contribution in [0.5, 0.6) is 0 Å². The molecule has 0 bridgehead atoms. The number of likely N-dealkylation sites (tertiary alicyclic amines) is 1. The lowest BCUT2D eigenvalue weighted by atomic mass is 10.1. The number of halogens is 2. The van der Waals surface area contributed by atoms with Crippen LogP contribution in [-0.4, -0.2) is 28.9 Å². The average molecular weight is 227 g/mol. The van der Waals surface area contributed by atoms with Crippen molar-refractivity contribution < 1.29 is 8.78 Å². The zero-order valence-electron chi connectivity index (χ0n) is 9.00. The molecule has 0 unspecified atom stereocenters. The lowest BCUT2D eigenvalue weighted by Gasteiger charge is -2.31. The molecule has 88 valence electrons. The van der Waals surface area contributed by atoms with Gasteiger partial charge in [-0.3, -0.25) is 9.88 Å². The minimum Gasteiger partial charge on any atom is -0.397 e. The van der Waals surface area contributed by atoms with Crippen LogP contribution in [0.2, 0.25) is 0 Å². The highest BCUT2D eigenvalue weighted by molar-refractivity contribution is 5.34. The highest BCUT2D eigenvalue weighted by Gasteiger charge is 2.33. The number of rotatable bonds is 2. The summed E-state index contributed by atoms with van der Waals surface area (Å²) in [7, 11) is 0. The van der Waals surface area contributed by atoms with Gasteiger partial charge in [0.25, 0.3) is 5.92 Å². The molecule has 16 heavy (non-hydrogen) atoms. The first kappa shape index (κ1) is 11.3. The first-order valence-corrected chi connectivity index (χ1v) is 5.36. The molecule has 1 saturated heterocycles. The summed E-state index contributed by atoms with van der Waals surface area (Å²) in [6.45, 7) is 1.48. The fraction of sp³-hybridized carbons (Fsp3) is 0.545. The molecular weight excluding hydrogens is 212 g/mol. The van der Waals surface area contributed by atoms with Crippen molar-refractivity contribution in [1.82, 2.24) is 9.88 Å². The summed E-state index contributed by atoms with van der Waals surface area (Å²) in [6.07, 6.45) is 1.48. The summed E-state index contributed by atoms with van der Waals surface area (Å²) >= 11 is 0. The van der Waals surface area contributed by atoms with Crippen molar-refractivity contribution in [1.29, 1.82) is 0 Å². The lowest BCUT2D eigenvalue weighted by molar-refractivity contribution is -0.0568. The molecule has 0 aromatic carbocycles. The second-order valence-corrected chi connectivity index (χ2v) is 4.21. The van der Waals surface area contributed by atoms with Gasteiger partial charge in [-0.2, -0.15) is 0 Å². The van der Waals surface area contributed by atoms with Crippen molar-refractivity contribution >= 4 is 5.69 Å². The third kappa shape index (κ3) is 2.88. The molecule has 0 amide bonds. The molecule has 0 spiro atoms. The molecule has 1 aliphatic rings. The number of alkyl halides is 2. The van der Waals surface area contributed by atoms with Crippen LogP contribution in [0.3, 0.4) is 0 Å². The van der Waals surface area contributed by atoms with Gasteiger partial charge in [0.15, 0.2) is 0 Å². The fourth-order valence-electron chi connectivity index (χ4n) is 1.80. The third-order valence-corrected chi connectivity index (χ3v) is 2.82. The van der Waals surface area contributed by atoms with E-state index in [1.165, 1.54) is 0 Å². The summed E-state index contributed by atoms with van der Waals surface area (Å²) in [5.41, 5.74) is 7.01. The molecule has 1 aliphatic heterocycles. The molecule has 1 aromatic heterocycles. The maximum Gasteiger partial charge on any atom is 0.250 e.